The number of fused-ring (bicyclic) bond motifs is 4. The summed E-state index contributed by atoms with van der Waals surface area (Å²) in [6, 6.07) is 0. The number of ketones is 2. The molecule has 1 aliphatic heterocycles. The number of aliphatic hydroxyl groups excluding tert-OH is 2. The summed E-state index contributed by atoms with van der Waals surface area (Å²) in [5.41, 5.74) is -11.9. The van der Waals surface area contributed by atoms with Crippen molar-refractivity contribution in [3.63, 3.8) is 0 Å². The molecule has 1 saturated heterocycles. The molecule has 8 aliphatic carbocycles. The second kappa shape index (κ2) is 9.73. The Kier molecular flexibility index (Phi) is 6.59. The van der Waals surface area contributed by atoms with Crippen LogP contribution >= 0.6 is 0 Å². The molecule has 11 nitrogen and oxygen atoms in total. The molecule has 8 fully saturated rings. The van der Waals surface area contributed by atoms with Gasteiger partial charge in [0, 0.05) is 22.7 Å². The summed E-state index contributed by atoms with van der Waals surface area (Å²) in [5, 5.41) is 57.4. The molecule has 7 saturated carbocycles. The minimum Gasteiger partial charge on any atom is -0.462 e. The first kappa shape index (κ1) is 34.6. The van der Waals surface area contributed by atoms with Crippen molar-refractivity contribution in [3.8, 4) is 0 Å². The van der Waals surface area contributed by atoms with Gasteiger partial charge in [0.05, 0.1) is 29.0 Å². The van der Waals surface area contributed by atoms with E-state index in [1.807, 2.05) is 33.8 Å². The number of carbonyl (C=O) groups excluding carboxylic acids is 4. The van der Waals surface area contributed by atoms with Crippen LogP contribution in [0.3, 0.4) is 0 Å². The van der Waals surface area contributed by atoms with Crippen LogP contribution in [0.2, 0.25) is 0 Å². The summed E-state index contributed by atoms with van der Waals surface area (Å²) in [7, 11) is 0. The number of Topliss-reactive ketones (excluding diaryl/α,β-unsaturated/α-hetero) is 2. The molecule has 1 heterocycles. The van der Waals surface area contributed by atoms with Crippen LogP contribution in [0, 0.1) is 50.2 Å². The van der Waals surface area contributed by atoms with Crippen LogP contribution in [-0.2, 0) is 28.7 Å². The van der Waals surface area contributed by atoms with Gasteiger partial charge >= 0.3 is 11.9 Å². The summed E-state index contributed by atoms with van der Waals surface area (Å²) in [5.74, 6) is -2.97. The molecular weight excluding hydrogens is 656 g/mol. The van der Waals surface area contributed by atoms with Crippen LogP contribution < -0.4 is 0 Å². The maximum absolute atomic E-state index is 14.9. The Morgan fingerprint density at radius 2 is 1.55 bits per heavy atom. The summed E-state index contributed by atoms with van der Waals surface area (Å²) in [6.07, 6.45) is 7.16. The molecular formula is C40H54O11. The highest BCUT2D eigenvalue weighted by Gasteiger charge is 2.85. The molecule has 51 heavy (non-hydrogen) atoms. The van der Waals surface area contributed by atoms with Gasteiger partial charge in [-0.1, -0.05) is 31.9 Å². The maximum atomic E-state index is 14.9. The second-order valence-electron chi connectivity index (χ2n) is 19.6. The molecule has 0 amide bonds. The number of aliphatic hydroxyl groups is 5. The number of ether oxygens (including phenoxy) is 2. The first-order valence-corrected chi connectivity index (χ1v) is 19.4. The normalized spacial score (nSPS) is 57.8. The van der Waals surface area contributed by atoms with Gasteiger partial charge in [-0.15, -0.1) is 0 Å². The Hall–Kier alpha value is -2.18. The lowest BCUT2D eigenvalue weighted by atomic mass is 9.39. The number of carbonyl (C=O) groups is 4. The molecule has 2 spiro atoms. The third-order valence-corrected chi connectivity index (χ3v) is 18.2. The monoisotopic (exact) mass is 710 g/mol. The van der Waals surface area contributed by atoms with Gasteiger partial charge in [0.15, 0.2) is 22.8 Å². The van der Waals surface area contributed by atoms with Crippen LogP contribution in [0.5, 0.6) is 0 Å². The van der Waals surface area contributed by atoms with Crippen molar-refractivity contribution in [2.45, 2.75) is 146 Å². The van der Waals surface area contributed by atoms with Gasteiger partial charge in [0.25, 0.3) is 0 Å². The smallest absolute Gasteiger partial charge is 0.312 e. The average Bonchev–Trinajstić information content (AvgIpc) is 3.35. The highest BCUT2D eigenvalue weighted by atomic mass is 16.6. The first-order valence-electron chi connectivity index (χ1n) is 19.4. The van der Waals surface area contributed by atoms with Crippen molar-refractivity contribution in [2.75, 3.05) is 13.2 Å². The van der Waals surface area contributed by atoms with Gasteiger partial charge < -0.3 is 35.0 Å². The van der Waals surface area contributed by atoms with E-state index >= 15 is 0 Å². The Morgan fingerprint density at radius 3 is 2.27 bits per heavy atom. The lowest BCUT2D eigenvalue weighted by molar-refractivity contribution is -0.234. The fraction of sp³-hybridized carbons (Fsp3) is 0.850. The minimum atomic E-state index is -2.33. The van der Waals surface area contributed by atoms with Crippen LogP contribution in [-0.4, -0.2) is 90.8 Å². The van der Waals surface area contributed by atoms with Crippen LogP contribution in [0.1, 0.15) is 118 Å². The number of rotatable bonds is 4. The molecule has 11 heteroatoms. The quantitative estimate of drug-likeness (QED) is 0.213. The van der Waals surface area contributed by atoms with E-state index in [2.05, 4.69) is 0 Å². The molecule has 9 rings (SSSR count). The van der Waals surface area contributed by atoms with Gasteiger partial charge in [-0.3, -0.25) is 19.2 Å². The lowest BCUT2D eigenvalue weighted by Gasteiger charge is -2.64. The highest BCUT2D eigenvalue weighted by molar-refractivity contribution is 6.00. The van der Waals surface area contributed by atoms with E-state index < -0.39 is 97.7 Å². The maximum Gasteiger partial charge on any atom is 0.312 e. The topological polar surface area (TPSA) is 188 Å². The van der Waals surface area contributed by atoms with E-state index in [9.17, 15) is 44.7 Å². The van der Waals surface area contributed by atoms with Crippen LogP contribution in [0.15, 0.2) is 11.6 Å². The van der Waals surface area contributed by atoms with E-state index in [0.717, 1.165) is 18.4 Å². The fourth-order valence-electron chi connectivity index (χ4n) is 15.4. The minimum absolute atomic E-state index is 0.0257. The van der Waals surface area contributed by atoms with Crippen molar-refractivity contribution in [3.05, 3.63) is 11.6 Å². The van der Waals surface area contributed by atoms with Gasteiger partial charge in [0.2, 0.25) is 0 Å². The Bertz CT molecular complexity index is 1710. The van der Waals surface area contributed by atoms with E-state index in [0.29, 0.717) is 51.4 Å². The van der Waals surface area contributed by atoms with Crippen molar-refractivity contribution in [2.24, 2.45) is 50.2 Å². The zero-order valence-electron chi connectivity index (χ0n) is 30.4. The molecule has 0 radical (unpaired) electrons. The second-order valence-corrected chi connectivity index (χ2v) is 19.6. The molecule has 280 valence electrons. The first-order chi connectivity index (χ1) is 23.8. The zero-order valence-corrected chi connectivity index (χ0v) is 30.4. The van der Waals surface area contributed by atoms with Crippen molar-refractivity contribution >= 4 is 23.5 Å². The van der Waals surface area contributed by atoms with Crippen molar-refractivity contribution in [1.82, 2.24) is 0 Å². The molecule has 0 aromatic carbocycles. The van der Waals surface area contributed by atoms with Crippen molar-refractivity contribution in [1.29, 1.82) is 0 Å². The van der Waals surface area contributed by atoms with Gasteiger partial charge in [-0.2, -0.15) is 0 Å². The molecule has 0 aromatic rings. The number of esters is 2. The van der Waals surface area contributed by atoms with Gasteiger partial charge in [-0.25, -0.2) is 0 Å². The summed E-state index contributed by atoms with van der Waals surface area (Å²) >= 11 is 0. The number of hydrogen-bond donors (Lipinski definition) is 5. The van der Waals surface area contributed by atoms with Crippen molar-refractivity contribution < 1.29 is 54.2 Å². The predicted octanol–water partition coefficient (Wildman–Crippen LogP) is 2.85. The van der Waals surface area contributed by atoms with Gasteiger partial charge in [0.1, 0.15) is 17.8 Å². The summed E-state index contributed by atoms with van der Waals surface area (Å²) in [4.78, 5) is 56.6. The largest absolute Gasteiger partial charge is 0.462 e. The lowest BCUT2D eigenvalue weighted by Crippen LogP contribution is -2.67. The third kappa shape index (κ3) is 3.36. The molecule has 9 aliphatic rings. The highest BCUT2D eigenvalue weighted by Crippen LogP contribution is 2.78. The molecule has 5 N–H and O–H groups in total. The Balaban J connectivity index is 1.00. The summed E-state index contributed by atoms with van der Waals surface area (Å²) < 4.78 is 12.4. The van der Waals surface area contributed by atoms with E-state index in [4.69, 9.17) is 9.47 Å². The third-order valence-electron chi connectivity index (χ3n) is 18.2. The van der Waals surface area contributed by atoms with E-state index in [-0.39, 0.29) is 43.5 Å². The molecule has 6 bridgehead atoms. The fourth-order valence-corrected chi connectivity index (χ4v) is 15.4. The average molecular weight is 711 g/mol. The van der Waals surface area contributed by atoms with E-state index in [1.54, 1.807) is 0 Å². The van der Waals surface area contributed by atoms with Crippen LogP contribution in [0.4, 0.5) is 0 Å². The SMILES string of the molecule is CC1(C(=O)OCC2(O)C(=O)C34CCC5C6(C)CCCC5(OC6=O)C3(C)CCC2(O)C4)CCCC2(C)C3=CCC4C(O)C3(CCC12)C(=O)C4(O)CO. The molecule has 0 aromatic heterocycles. The predicted molar refractivity (Wildman–Crippen MR) is 178 cm³/mol. The standard InChI is InChI=1S/C40H54O11/c1-31-11-5-12-32(2,23(31)10-16-37-24(31)8-7-22(26(37)42)38(48,20-41)28(37)44)29(45)50-21-39(49)27(43)35-15-9-25-33(3)13-6-14-40(25,51-30(33)46)34(35,4)17-18-36(39,47)19-35/h8,22-23,25-26,41-42,47-49H,5-7,9-21H2,1-4H3. The Morgan fingerprint density at radius 1 is 0.863 bits per heavy atom. The summed E-state index contributed by atoms with van der Waals surface area (Å²) in [6.45, 7) is 6.43. The van der Waals surface area contributed by atoms with E-state index in [1.165, 1.54) is 0 Å². The van der Waals surface area contributed by atoms with Crippen LogP contribution in [0.25, 0.3) is 0 Å². The Labute approximate surface area is 298 Å². The number of hydrogen-bond acceptors (Lipinski definition) is 11. The molecule has 14 atom stereocenters. The zero-order chi connectivity index (χ0) is 36.6. The number of allylic oxidation sites excluding steroid dienone is 1. The molecule has 14 unspecified atom stereocenters. The van der Waals surface area contributed by atoms with Gasteiger partial charge in [-0.05, 0) is 109 Å².